The van der Waals surface area contributed by atoms with Crippen molar-refractivity contribution in [3.63, 3.8) is 0 Å². The minimum atomic E-state index is -4.37. The monoisotopic (exact) mass is 398 g/mol. The van der Waals surface area contributed by atoms with Crippen LogP contribution in [0.15, 0.2) is 47.6 Å². The maximum Gasteiger partial charge on any atom is 0.416 e. The third-order valence-electron chi connectivity index (χ3n) is 3.74. The van der Waals surface area contributed by atoms with Crippen molar-refractivity contribution in [1.29, 1.82) is 0 Å². The zero-order chi connectivity index (χ0) is 17.3. The molecule has 0 amide bonds. The molecule has 0 bridgehead atoms. The van der Waals surface area contributed by atoms with Crippen molar-refractivity contribution in [3.05, 3.63) is 59.2 Å². The van der Waals surface area contributed by atoms with E-state index in [9.17, 15) is 13.2 Å². The Morgan fingerprint density at radius 3 is 2.67 bits per heavy atom. The maximum absolute atomic E-state index is 12.8. The number of anilines is 2. The minimum Gasteiger partial charge on any atom is -0.386 e. The van der Waals surface area contributed by atoms with Crippen LogP contribution in [0.1, 0.15) is 29.2 Å². The Balaban J connectivity index is 1.85. The fraction of sp³-hybridized carbons (Fsp3) is 0.235. The molecule has 3 rings (SSSR count). The highest BCUT2D eigenvalue weighted by Crippen LogP contribution is 2.34. The van der Waals surface area contributed by atoms with Gasteiger partial charge in [0.25, 0.3) is 0 Å². The van der Waals surface area contributed by atoms with Crippen LogP contribution in [0.2, 0.25) is 0 Å². The molecule has 2 aromatic carbocycles. The standard InChI is InChI=1S/C17H14BrF3N2O/c1-10-5-6-11(15-9-16(18)23-24-15)7-14(10)22-13-4-2-3-12(8-13)17(19,20)21/h2-8,15,22H,9H2,1H3/t15-/m1/s1. The third kappa shape index (κ3) is 3.72. The number of nitrogens with zero attached hydrogens (tertiary/aromatic N) is 1. The molecule has 0 fully saturated rings. The lowest BCUT2D eigenvalue weighted by Crippen LogP contribution is -2.05. The van der Waals surface area contributed by atoms with Gasteiger partial charge in [0.2, 0.25) is 0 Å². The Morgan fingerprint density at radius 2 is 2.00 bits per heavy atom. The van der Waals surface area contributed by atoms with E-state index in [4.69, 9.17) is 4.84 Å². The predicted molar refractivity (Wildman–Crippen MR) is 90.7 cm³/mol. The number of hydrogen-bond donors (Lipinski definition) is 1. The zero-order valence-corrected chi connectivity index (χ0v) is 14.3. The van der Waals surface area contributed by atoms with Crippen LogP contribution < -0.4 is 5.32 Å². The van der Waals surface area contributed by atoms with Crippen LogP contribution in [0.5, 0.6) is 0 Å². The first-order valence-electron chi connectivity index (χ1n) is 7.26. The average Bonchev–Trinajstić information content (AvgIpc) is 2.95. The van der Waals surface area contributed by atoms with Crippen molar-refractivity contribution in [2.45, 2.75) is 25.6 Å². The van der Waals surface area contributed by atoms with Gasteiger partial charge in [-0.3, -0.25) is 0 Å². The van der Waals surface area contributed by atoms with Crippen molar-refractivity contribution in [2.75, 3.05) is 5.32 Å². The molecule has 0 aromatic heterocycles. The molecular weight excluding hydrogens is 385 g/mol. The molecule has 0 saturated heterocycles. The predicted octanol–water partition coefficient (Wildman–Crippen LogP) is 5.93. The summed E-state index contributed by atoms with van der Waals surface area (Å²) in [6.07, 6.45) is -3.93. The summed E-state index contributed by atoms with van der Waals surface area (Å²) in [6, 6.07) is 10.8. The molecule has 0 aliphatic carbocycles. The molecule has 0 unspecified atom stereocenters. The number of halogens is 4. The number of benzene rings is 2. The lowest BCUT2D eigenvalue weighted by molar-refractivity contribution is -0.137. The second kappa shape index (κ2) is 6.47. The van der Waals surface area contributed by atoms with Crippen LogP contribution in [-0.2, 0) is 11.0 Å². The number of hydrogen-bond acceptors (Lipinski definition) is 3. The van der Waals surface area contributed by atoms with E-state index in [1.807, 2.05) is 25.1 Å². The maximum atomic E-state index is 12.8. The lowest BCUT2D eigenvalue weighted by atomic mass is 10.0. The number of alkyl halides is 3. The highest BCUT2D eigenvalue weighted by molar-refractivity contribution is 9.18. The molecule has 1 heterocycles. The van der Waals surface area contributed by atoms with Gasteiger partial charge in [-0.25, -0.2) is 0 Å². The van der Waals surface area contributed by atoms with E-state index < -0.39 is 11.7 Å². The van der Waals surface area contributed by atoms with Crippen LogP contribution in [0.3, 0.4) is 0 Å². The van der Waals surface area contributed by atoms with Crippen molar-refractivity contribution < 1.29 is 18.0 Å². The molecule has 3 nitrogen and oxygen atoms in total. The molecule has 1 aliphatic rings. The van der Waals surface area contributed by atoms with E-state index in [0.29, 0.717) is 12.1 Å². The van der Waals surface area contributed by atoms with E-state index in [1.165, 1.54) is 6.07 Å². The molecule has 1 aliphatic heterocycles. The molecule has 0 saturated carbocycles. The molecule has 1 atom stereocenters. The van der Waals surface area contributed by atoms with Gasteiger partial charge in [0, 0.05) is 17.8 Å². The summed E-state index contributed by atoms with van der Waals surface area (Å²) < 4.78 is 39.2. The number of aryl methyl sites for hydroxylation is 1. The molecule has 2 aromatic rings. The smallest absolute Gasteiger partial charge is 0.386 e. The number of oxime groups is 1. The molecule has 0 radical (unpaired) electrons. The summed E-state index contributed by atoms with van der Waals surface area (Å²) in [5.74, 6) is 0. The largest absolute Gasteiger partial charge is 0.416 e. The van der Waals surface area contributed by atoms with Gasteiger partial charge in [0.1, 0.15) is 4.62 Å². The Labute approximate surface area is 145 Å². The van der Waals surface area contributed by atoms with Gasteiger partial charge >= 0.3 is 6.18 Å². The molecular formula is C17H14BrF3N2O. The fourth-order valence-corrected chi connectivity index (χ4v) is 2.81. The normalized spacial score (nSPS) is 17.4. The van der Waals surface area contributed by atoms with Gasteiger partial charge in [-0.2, -0.15) is 13.2 Å². The molecule has 126 valence electrons. The van der Waals surface area contributed by atoms with E-state index in [0.717, 1.165) is 33.6 Å². The van der Waals surface area contributed by atoms with Gasteiger partial charge in [-0.1, -0.05) is 23.4 Å². The molecule has 24 heavy (non-hydrogen) atoms. The van der Waals surface area contributed by atoms with Gasteiger partial charge in [0.15, 0.2) is 6.10 Å². The van der Waals surface area contributed by atoms with Crippen LogP contribution in [0.4, 0.5) is 24.5 Å². The Bertz CT molecular complexity index is 790. The van der Waals surface area contributed by atoms with Crippen LogP contribution in [-0.4, -0.2) is 4.62 Å². The first-order chi connectivity index (χ1) is 11.3. The molecule has 0 spiro atoms. The highest BCUT2D eigenvalue weighted by atomic mass is 79.9. The summed E-state index contributed by atoms with van der Waals surface area (Å²) in [6.45, 7) is 1.89. The Hall–Kier alpha value is -2.02. The summed E-state index contributed by atoms with van der Waals surface area (Å²) in [4.78, 5) is 5.32. The second-order valence-electron chi connectivity index (χ2n) is 5.54. The van der Waals surface area contributed by atoms with E-state index in [-0.39, 0.29) is 6.10 Å². The number of rotatable bonds is 3. The zero-order valence-electron chi connectivity index (χ0n) is 12.7. The Morgan fingerprint density at radius 1 is 1.21 bits per heavy atom. The van der Waals surface area contributed by atoms with Gasteiger partial charge in [-0.15, -0.1) is 0 Å². The van der Waals surface area contributed by atoms with Crippen molar-refractivity contribution in [2.24, 2.45) is 5.16 Å². The topological polar surface area (TPSA) is 33.6 Å². The summed E-state index contributed by atoms with van der Waals surface area (Å²) in [7, 11) is 0. The van der Waals surface area contributed by atoms with E-state index in [2.05, 4.69) is 26.4 Å². The minimum absolute atomic E-state index is 0.193. The van der Waals surface area contributed by atoms with Crippen LogP contribution in [0, 0.1) is 6.92 Å². The average molecular weight is 399 g/mol. The first kappa shape index (κ1) is 16.8. The van der Waals surface area contributed by atoms with Crippen LogP contribution >= 0.6 is 15.9 Å². The van der Waals surface area contributed by atoms with Gasteiger partial charge in [-0.05, 0) is 58.2 Å². The summed E-state index contributed by atoms with van der Waals surface area (Å²) >= 11 is 3.29. The van der Waals surface area contributed by atoms with Crippen molar-refractivity contribution in [3.8, 4) is 0 Å². The van der Waals surface area contributed by atoms with Gasteiger partial charge < -0.3 is 10.2 Å². The Kier molecular flexibility index (Phi) is 4.54. The lowest BCUT2D eigenvalue weighted by Gasteiger charge is -2.15. The number of nitrogens with one attached hydrogen (secondary N) is 1. The third-order valence-corrected chi connectivity index (χ3v) is 4.20. The first-order valence-corrected chi connectivity index (χ1v) is 8.05. The van der Waals surface area contributed by atoms with Crippen molar-refractivity contribution >= 4 is 31.9 Å². The SMILES string of the molecule is Cc1ccc([C@H]2CC(Br)=NO2)cc1Nc1cccc(C(F)(F)F)c1. The summed E-state index contributed by atoms with van der Waals surface area (Å²) in [5.41, 5.74) is 2.27. The quantitative estimate of drug-likeness (QED) is 0.695. The van der Waals surface area contributed by atoms with Gasteiger partial charge in [0.05, 0.1) is 5.56 Å². The summed E-state index contributed by atoms with van der Waals surface area (Å²) in [5, 5.41) is 6.91. The molecule has 7 heteroatoms. The second-order valence-corrected chi connectivity index (χ2v) is 6.46. The molecule has 1 N–H and O–H groups in total. The van der Waals surface area contributed by atoms with E-state index >= 15 is 0 Å². The van der Waals surface area contributed by atoms with E-state index in [1.54, 1.807) is 6.07 Å². The van der Waals surface area contributed by atoms with Crippen LogP contribution in [0.25, 0.3) is 0 Å². The van der Waals surface area contributed by atoms with Crippen molar-refractivity contribution in [1.82, 2.24) is 0 Å². The highest BCUT2D eigenvalue weighted by Gasteiger charge is 2.30. The fourth-order valence-electron chi connectivity index (χ4n) is 2.43.